The van der Waals surface area contributed by atoms with Crippen LogP contribution in [0.3, 0.4) is 0 Å². The Bertz CT molecular complexity index is 497. The third kappa shape index (κ3) is 3.52. The van der Waals surface area contributed by atoms with Gasteiger partial charge in [0, 0.05) is 0 Å². The lowest BCUT2D eigenvalue weighted by Gasteiger charge is -2.12. The Morgan fingerprint density at radius 1 is 1.21 bits per heavy atom. The summed E-state index contributed by atoms with van der Waals surface area (Å²) in [5, 5.41) is 0. The van der Waals surface area contributed by atoms with Crippen molar-refractivity contribution in [2.24, 2.45) is 0 Å². The average Bonchev–Trinajstić information content (AvgIpc) is 2.28. The van der Waals surface area contributed by atoms with Crippen molar-refractivity contribution in [3.05, 3.63) is 29.1 Å². The molecule has 0 unspecified atom stereocenters. The summed E-state index contributed by atoms with van der Waals surface area (Å²) >= 11 is 0. The number of hydrogen-bond acceptors (Lipinski definition) is 3. The second-order valence-corrected chi connectivity index (χ2v) is 3.13. The number of hydrogen-bond donors (Lipinski definition) is 0. The summed E-state index contributed by atoms with van der Waals surface area (Å²) in [5.41, 5.74) is -1.19. The van der Waals surface area contributed by atoms with Crippen LogP contribution in [-0.4, -0.2) is 18.9 Å². The van der Waals surface area contributed by atoms with E-state index >= 15 is 0 Å². The highest BCUT2D eigenvalue weighted by molar-refractivity contribution is 5.90. The van der Waals surface area contributed by atoms with E-state index in [1.54, 1.807) is 0 Å². The molecule has 0 aliphatic rings. The molecule has 0 fully saturated rings. The SMILES string of the molecule is CCOC(=O)c1cc(F)c(F)c(OC(F)(F)F)c1F. The Balaban J connectivity index is 3.34. The van der Waals surface area contributed by atoms with Gasteiger partial charge in [0.2, 0.25) is 11.6 Å². The van der Waals surface area contributed by atoms with Crippen LogP contribution in [0.5, 0.6) is 5.75 Å². The van der Waals surface area contributed by atoms with Crippen molar-refractivity contribution in [1.29, 1.82) is 0 Å². The van der Waals surface area contributed by atoms with Crippen molar-refractivity contribution in [1.82, 2.24) is 0 Å². The van der Waals surface area contributed by atoms with Crippen LogP contribution in [0.25, 0.3) is 0 Å². The number of carbonyl (C=O) groups is 1. The van der Waals surface area contributed by atoms with E-state index in [0.29, 0.717) is 0 Å². The van der Waals surface area contributed by atoms with Gasteiger partial charge in [0.1, 0.15) is 5.56 Å². The zero-order chi connectivity index (χ0) is 14.8. The molecule has 0 aromatic heterocycles. The van der Waals surface area contributed by atoms with Crippen LogP contribution in [0.4, 0.5) is 26.3 Å². The largest absolute Gasteiger partial charge is 0.573 e. The standard InChI is InChI=1S/C10H6F6O3/c1-2-18-9(17)4-3-5(11)7(13)8(6(4)12)19-10(14,15)16/h3H,2H2,1H3. The summed E-state index contributed by atoms with van der Waals surface area (Å²) in [6, 6.07) is 0.0892. The van der Waals surface area contributed by atoms with E-state index < -0.39 is 41.1 Å². The lowest BCUT2D eigenvalue weighted by molar-refractivity contribution is -0.276. The summed E-state index contributed by atoms with van der Waals surface area (Å²) < 4.78 is 82.6. The Kier molecular flexibility index (Phi) is 4.28. The highest BCUT2D eigenvalue weighted by Gasteiger charge is 2.36. The van der Waals surface area contributed by atoms with Crippen LogP contribution in [0.15, 0.2) is 6.07 Å². The molecule has 1 aromatic rings. The van der Waals surface area contributed by atoms with Gasteiger partial charge >= 0.3 is 12.3 Å². The van der Waals surface area contributed by atoms with Gasteiger partial charge in [-0.3, -0.25) is 0 Å². The van der Waals surface area contributed by atoms with E-state index in [9.17, 15) is 31.1 Å². The van der Waals surface area contributed by atoms with Crippen LogP contribution in [0.2, 0.25) is 0 Å². The third-order valence-electron chi connectivity index (χ3n) is 1.83. The molecule has 0 aliphatic carbocycles. The minimum Gasteiger partial charge on any atom is -0.462 e. The number of rotatable bonds is 3. The van der Waals surface area contributed by atoms with Crippen LogP contribution in [0.1, 0.15) is 17.3 Å². The smallest absolute Gasteiger partial charge is 0.462 e. The Hall–Kier alpha value is -1.93. The summed E-state index contributed by atoms with van der Waals surface area (Å²) in [5.74, 6) is -9.54. The minimum absolute atomic E-state index is 0.0892. The van der Waals surface area contributed by atoms with E-state index in [-0.39, 0.29) is 12.7 Å². The van der Waals surface area contributed by atoms with E-state index in [1.807, 2.05) is 0 Å². The maximum absolute atomic E-state index is 13.5. The average molecular weight is 288 g/mol. The van der Waals surface area contributed by atoms with E-state index in [0.717, 1.165) is 0 Å². The second kappa shape index (κ2) is 5.37. The van der Waals surface area contributed by atoms with Gasteiger partial charge in [-0.1, -0.05) is 0 Å². The monoisotopic (exact) mass is 288 g/mol. The molecule has 106 valence electrons. The maximum Gasteiger partial charge on any atom is 0.573 e. The Labute approximate surface area is 102 Å². The highest BCUT2D eigenvalue weighted by atomic mass is 19.4. The van der Waals surface area contributed by atoms with Gasteiger partial charge < -0.3 is 9.47 Å². The first kappa shape index (κ1) is 15.1. The third-order valence-corrected chi connectivity index (χ3v) is 1.83. The fourth-order valence-electron chi connectivity index (χ4n) is 1.14. The van der Waals surface area contributed by atoms with Crippen molar-refractivity contribution >= 4 is 5.97 Å². The molecule has 0 atom stereocenters. The number of alkyl halides is 3. The van der Waals surface area contributed by atoms with Gasteiger partial charge in [-0.2, -0.15) is 4.39 Å². The molecule has 0 heterocycles. The van der Waals surface area contributed by atoms with Gasteiger partial charge in [-0.05, 0) is 13.0 Å². The molecular formula is C10H6F6O3. The van der Waals surface area contributed by atoms with Crippen LogP contribution in [0, 0.1) is 17.5 Å². The number of ether oxygens (including phenoxy) is 2. The summed E-state index contributed by atoms with van der Waals surface area (Å²) in [4.78, 5) is 11.2. The van der Waals surface area contributed by atoms with Gasteiger partial charge in [-0.15, -0.1) is 13.2 Å². The first-order valence-corrected chi connectivity index (χ1v) is 4.77. The number of halogens is 6. The molecular weight excluding hydrogens is 282 g/mol. The molecule has 1 aromatic carbocycles. The molecule has 0 aliphatic heterocycles. The van der Waals surface area contributed by atoms with Crippen LogP contribution < -0.4 is 4.74 Å². The highest BCUT2D eigenvalue weighted by Crippen LogP contribution is 2.32. The molecule has 0 radical (unpaired) electrons. The Morgan fingerprint density at radius 2 is 1.79 bits per heavy atom. The number of carbonyl (C=O) groups excluding carboxylic acids is 1. The molecule has 0 saturated carbocycles. The fourth-order valence-corrected chi connectivity index (χ4v) is 1.14. The van der Waals surface area contributed by atoms with Crippen LogP contribution >= 0.6 is 0 Å². The van der Waals surface area contributed by atoms with E-state index in [4.69, 9.17) is 0 Å². The normalized spacial score (nSPS) is 11.3. The summed E-state index contributed by atoms with van der Waals surface area (Å²) in [6.07, 6.45) is -5.44. The maximum atomic E-state index is 13.5. The lowest BCUT2D eigenvalue weighted by Crippen LogP contribution is -2.21. The van der Waals surface area contributed by atoms with Gasteiger partial charge in [-0.25, -0.2) is 13.6 Å². The molecule has 0 N–H and O–H groups in total. The van der Waals surface area contributed by atoms with Crippen molar-refractivity contribution in [3.63, 3.8) is 0 Å². The molecule has 3 nitrogen and oxygen atoms in total. The topological polar surface area (TPSA) is 35.5 Å². The summed E-state index contributed by atoms with van der Waals surface area (Å²) in [7, 11) is 0. The molecule has 0 bridgehead atoms. The fraction of sp³-hybridized carbons (Fsp3) is 0.300. The van der Waals surface area contributed by atoms with E-state index in [1.165, 1.54) is 6.92 Å². The minimum atomic E-state index is -5.44. The van der Waals surface area contributed by atoms with Gasteiger partial charge in [0.05, 0.1) is 6.61 Å². The van der Waals surface area contributed by atoms with Crippen LogP contribution in [-0.2, 0) is 4.74 Å². The zero-order valence-electron chi connectivity index (χ0n) is 9.28. The van der Waals surface area contributed by atoms with Gasteiger partial charge in [0.25, 0.3) is 0 Å². The predicted octanol–water partition coefficient (Wildman–Crippen LogP) is 3.18. The Morgan fingerprint density at radius 3 is 2.26 bits per heavy atom. The molecule has 1 rings (SSSR count). The summed E-state index contributed by atoms with van der Waals surface area (Å²) in [6.45, 7) is 1.11. The first-order chi connectivity index (χ1) is 8.67. The molecule has 0 amide bonds. The van der Waals surface area contributed by atoms with Gasteiger partial charge in [0.15, 0.2) is 11.6 Å². The van der Waals surface area contributed by atoms with Crippen molar-refractivity contribution < 1.29 is 40.6 Å². The van der Waals surface area contributed by atoms with Crippen molar-refractivity contribution in [2.75, 3.05) is 6.61 Å². The zero-order valence-corrected chi connectivity index (χ0v) is 9.28. The van der Waals surface area contributed by atoms with Crippen molar-refractivity contribution in [3.8, 4) is 5.75 Å². The van der Waals surface area contributed by atoms with E-state index in [2.05, 4.69) is 9.47 Å². The number of benzene rings is 1. The second-order valence-electron chi connectivity index (χ2n) is 3.13. The number of esters is 1. The first-order valence-electron chi connectivity index (χ1n) is 4.77. The lowest BCUT2D eigenvalue weighted by atomic mass is 10.2. The predicted molar refractivity (Wildman–Crippen MR) is 49.0 cm³/mol. The molecule has 0 saturated heterocycles. The molecule has 19 heavy (non-hydrogen) atoms. The quantitative estimate of drug-likeness (QED) is 0.487. The van der Waals surface area contributed by atoms with Crippen molar-refractivity contribution in [2.45, 2.75) is 13.3 Å². The molecule has 0 spiro atoms. The molecule has 9 heteroatoms.